The Morgan fingerprint density at radius 3 is 2.86 bits per heavy atom. The van der Waals surface area contributed by atoms with E-state index in [9.17, 15) is 19.6 Å². The summed E-state index contributed by atoms with van der Waals surface area (Å²) in [5.41, 5.74) is -0.192. The Labute approximate surface area is 165 Å². The largest absolute Gasteiger partial charge is 0.375 e. The van der Waals surface area contributed by atoms with Crippen LogP contribution in [-0.4, -0.2) is 25.8 Å². The van der Waals surface area contributed by atoms with Crippen molar-refractivity contribution in [2.24, 2.45) is 0 Å². The molecule has 0 spiro atoms. The van der Waals surface area contributed by atoms with Crippen LogP contribution >= 0.6 is 0 Å². The maximum Gasteiger partial charge on any atom is 0.262 e. The average Bonchev–Trinajstić information content (AvgIpc) is 3.13. The second-order valence-electron chi connectivity index (χ2n) is 7.94. The molecule has 29 heavy (non-hydrogen) atoms. The summed E-state index contributed by atoms with van der Waals surface area (Å²) in [4.78, 5) is 16.4. The molecule has 1 aliphatic carbocycles. The van der Waals surface area contributed by atoms with Crippen molar-refractivity contribution in [1.82, 2.24) is 14.8 Å². The molecule has 1 aliphatic heterocycles. The smallest absolute Gasteiger partial charge is 0.262 e. The Bertz CT molecular complexity index is 1220. The number of fused-ring (bicyclic) bond motifs is 2. The Morgan fingerprint density at radius 2 is 2.17 bits per heavy atom. The molecule has 1 saturated carbocycles. The number of aromatic nitrogens is 3. The maximum absolute atomic E-state index is 14.1. The van der Waals surface area contributed by atoms with Gasteiger partial charge in [-0.3, -0.25) is 9.48 Å². The minimum atomic E-state index is -1.75. The van der Waals surface area contributed by atoms with Crippen LogP contribution in [0.2, 0.25) is 0 Å². The molecule has 3 aromatic rings. The molecule has 1 atom stereocenters. The van der Waals surface area contributed by atoms with Gasteiger partial charge in [-0.05, 0) is 50.5 Å². The van der Waals surface area contributed by atoms with Crippen LogP contribution in [0.1, 0.15) is 38.2 Å². The molecule has 0 saturated heterocycles. The fraction of sp³-hybridized carbons (Fsp3) is 0.333. The zero-order valence-corrected chi connectivity index (χ0v) is 15.7. The highest BCUT2D eigenvalue weighted by molar-refractivity contribution is 6.07. The van der Waals surface area contributed by atoms with Crippen molar-refractivity contribution in [3.8, 4) is 17.3 Å². The van der Waals surface area contributed by atoms with Gasteiger partial charge in [0, 0.05) is 22.7 Å². The molecule has 1 aromatic carbocycles. The van der Waals surface area contributed by atoms with E-state index in [1.807, 2.05) is 0 Å². The first-order valence-electron chi connectivity index (χ1n) is 9.47. The standard InChI is InChI=1S/C21H18FN5O2/c1-20(29)16-14(5-10-24-18(16)25-19(20)28)17-13-4-3-12(22)11-15(13)27(26-17)21(8-9-23)6-2-7-21/h3-5,10-11,29H,2,6-8H2,1H3,(H,24,25,28)/t20-/m0/s1. The van der Waals surface area contributed by atoms with E-state index in [2.05, 4.69) is 16.4 Å². The number of anilines is 1. The lowest BCUT2D eigenvalue weighted by Crippen LogP contribution is -2.41. The number of hydrogen-bond donors (Lipinski definition) is 2. The normalized spacial score (nSPS) is 22.1. The van der Waals surface area contributed by atoms with Gasteiger partial charge in [0.1, 0.15) is 17.3 Å². The molecule has 0 radical (unpaired) electrons. The van der Waals surface area contributed by atoms with Crippen molar-refractivity contribution in [1.29, 1.82) is 5.26 Å². The summed E-state index contributed by atoms with van der Waals surface area (Å²) in [7, 11) is 0. The van der Waals surface area contributed by atoms with Gasteiger partial charge in [-0.25, -0.2) is 9.37 Å². The van der Waals surface area contributed by atoms with E-state index in [0.717, 1.165) is 19.3 Å². The van der Waals surface area contributed by atoms with Gasteiger partial charge in [-0.2, -0.15) is 10.4 Å². The fourth-order valence-corrected chi connectivity index (χ4v) is 4.43. The van der Waals surface area contributed by atoms with Crippen LogP contribution in [0.4, 0.5) is 10.2 Å². The van der Waals surface area contributed by atoms with Crippen molar-refractivity contribution < 1.29 is 14.3 Å². The third kappa shape index (κ3) is 2.34. The van der Waals surface area contributed by atoms with Gasteiger partial charge >= 0.3 is 0 Å². The Hall–Kier alpha value is -3.31. The Balaban J connectivity index is 1.81. The van der Waals surface area contributed by atoms with Crippen molar-refractivity contribution >= 4 is 22.6 Å². The number of rotatable bonds is 3. The molecule has 1 amide bonds. The number of carbonyl (C=O) groups excluding carboxylic acids is 1. The van der Waals surface area contributed by atoms with E-state index in [-0.39, 0.29) is 18.1 Å². The second-order valence-corrected chi connectivity index (χ2v) is 7.94. The third-order valence-corrected chi connectivity index (χ3v) is 6.15. The number of aliphatic hydroxyl groups is 1. The van der Waals surface area contributed by atoms with Crippen LogP contribution in [0.15, 0.2) is 30.5 Å². The van der Waals surface area contributed by atoms with Crippen LogP contribution in [0.3, 0.4) is 0 Å². The minimum absolute atomic E-state index is 0.284. The van der Waals surface area contributed by atoms with Crippen LogP contribution in [-0.2, 0) is 15.9 Å². The molecule has 146 valence electrons. The first kappa shape index (κ1) is 17.8. The number of carbonyl (C=O) groups is 1. The zero-order valence-electron chi connectivity index (χ0n) is 15.7. The van der Waals surface area contributed by atoms with Gasteiger partial charge in [0.15, 0.2) is 5.60 Å². The molecule has 0 unspecified atom stereocenters. The summed E-state index contributed by atoms with van der Waals surface area (Å²) >= 11 is 0. The lowest BCUT2D eigenvalue weighted by atomic mass is 9.74. The lowest BCUT2D eigenvalue weighted by Gasteiger charge is -2.40. The first-order chi connectivity index (χ1) is 13.9. The fourth-order valence-electron chi connectivity index (χ4n) is 4.43. The quantitative estimate of drug-likeness (QED) is 0.714. The highest BCUT2D eigenvalue weighted by atomic mass is 19.1. The topological polar surface area (TPSA) is 104 Å². The van der Waals surface area contributed by atoms with E-state index in [0.29, 0.717) is 27.7 Å². The summed E-state index contributed by atoms with van der Waals surface area (Å²) < 4.78 is 15.9. The van der Waals surface area contributed by atoms with Gasteiger partial charge in [0.2, 0.25) is 0 Å². The summed E-state index contributed by atoms with van der Waals surface area (Å²) in [6, 6.07) is 8.36. The Morgan fingerprint density at radius 1 is 1.38 bits per heavy atom. The molecule has 1 fully saturated rings. The molecule has 2 N–H and O–H groups in total. The number of halogens is 1. The first-order valence-corrected chi connectivity index (χ1v) is 9.47. The molecule has 0 bridgehead atoms. The molecular weight excluding hydrogens is 373 g/mol. The molecule has 2 aliphatic rings. The second kappa shape index (κ2) is 5.84. The minimum Gasteiger partial charge on any atom is -0.375 e. The predicted octanol–water partition coefficient (Wildman–Crippen LogP) is 3.19. The lowest BCUT2D eigenvalue weighted by molar-refractivity contribution is -0.131. The highest BCUT2D eigenvalue weighted by Crippen LogP contribution is 2.47. The number of nitrogens with zero attached hydrogens (tertiary/aromatic N) is 4. The summed E-state index contributed by atoms with van der Waals surface area (Å²) in [6.45, 7) is 1.42. The number of hydrogen-bond acceptors (Lipinski definition) is 5. The van der Waals surface area contributed by atoms with E-state index >= 15 is 0 Å². The maximum atomic E-state index is 14.1. The number of benzene rings is 1. The van der Waals surface area contributed by atoms with Crippen LogP contribution < -0.4 is 5.32 Å². The van der Waals surface area contributed by atoms with Gasteiger partial charge in [-0.1, -0.05) is 0 Å². The van der Waals surface area contributed by atoms with Gasteiger partial charge < -0.3 is 10.4 Å². The van der Waals surface area contributed by atoms with Gasteiger partial charge in [-0.15, -0.1) is 0 Å². The van der Waals surface area contributed by atoms with Crippen LogP contribution in [0, 0.1) is 17.1 Å². The molecule has 5 rings (SSSR count). The predicted molar refractivity (Wildman–Crippen MR) is 103 cm³/mol. The molecular formula is C21H18FN5O2. The van der Waals surface area contributed by atoms with Crippen molar-refractivity contribution in [3.63, 3.8) is 0 Å². The van der Waals surface area contributed by atoms with E-state index in [1.54, 1.807) is 23.0 Å². The van der Waals surface area contributed by atoms with E-state index < -0.39 is 17.0 Å². The van der Waals surface area contributed by atoms with Crippen molar-refractivity contribution in [2.45, 2.75) is 43.7 Å². The van der Waals surface area contributed by atoms with Crippen LogP contribution in [0.5, 0.6) is 0 Å². The number of amides is 1. The van der Waals surface area contributed by atoms with E-state index in [1.165, 1.54) is 19.1 Å². The molecule has 8 heteroatoms. The van der Waals surface area contributed by atoms with Crippen molar-refractivity contribution in [3.05, 3.63) is 41.8 Å². The summed E-state index contributed by atoms with van der Waals surface area (Å²) in [6.07, 6.45) is 4.38. The average molecular weight is 391 g/mol. The highest BCUT2D eigenvalue weighted by Gasteiger charge is 2.45. The number of nitriles is 1. The van der Waals surface area contributed by atoms with Crippen LogP contribution in [0.25, 0.3) is 22.2 Å². The van der Waals surface area contributed by atoms with Crippen molar-refractivity contribution in [2.75, 3.05) is 5.32 Å². The monoisotopic (exact) mass is 391 g/mol. The van der Waals surface area contributed by atoms with Gasteiger partial charge in [0.05, 0.1) is 23.5 Å². The number of pyridine rings is 1. The molecule has 2 aromatic heterocycles. The van der Waals surface area contributed by atoms with Gasteiger partial charge in [0.25, 0.3) is 5.91 Å². The van der Waals surface area contributed by atoms with E-state index in [4.69, 9.17) is 5.10 Å². The number of nitrogens with one attached hydrogen (secondary N) is 1. The third-order valence-electron chi connectivity index (χ3n) is 6.15. The molecule has 7 nitrogen and oxygen atoms in total. The SMILES string of the molecule is C[C@@]1(O)C(=O)Nc2nccc(-c3nn(C4(CC#N)CCC4)c4cc(F)ccc34)c21. The Kier molecular flexibility index (Phi) is 3.58. The summed E-state index contributed by atoms with van der Waals surface area (Å²) in [5.74, 6) is -0.653. The zero-order chi connectivity index (χ0) is 20.4. The molecule has 3 heterocycles. The summed E-state index contributed by atoms with van der Waals surface area (Å²) in [5, 5.41) is 28.2.